The van der Waals surface area contributed by atoms with Crippen molar-refractivity contribution in [1.29, 1.82) is 10.5 Å². The van der Waals surface area contributed by atoms with E-state index in [0.717, 1.165) is 6.20 Å². The van der Waals surface area contributed by atoms with Gasteiger partial charge in [0.05, 0.1) is 38.9 Å². The number of aromatic amines is 3. The molecule has 1 fully saturated rings. The Bertz CT molecular complexity index is 4700. The number of hydrogen-bond donors (Lipinski definition) is 9. The number of fused-ring (bicyclic) bond motifs is 4. The number of hydrogen-bond acceptors (Lipinski definition) is 18. The van der Waals surface area contributed by atoms with Crippen molar-refractivity contribution < 1.29 is 68.8 Å². The van der Waals surface area contributed by atoms with Crippen LogP contribution in [0.1, 0.15) is 54.7 Å². The summed E-state index contributed by atoms with van der Waals surface area (Å²) in [5.41, 5.74) is 3.78. The number of carbonyl (C=O) groups is 4. The summed E-state index contributed by atoms with van der Waals surface area (Å²) in [4.78, 5) is 98.6. The van der Waals surface area contributed by atoms with Crippen LogP contribution >= 0.6 is 34.8 Å². The normalized spacial score (nSPS) is 13.7. The molecule has 3 atom stereocenters. The van der Waals surface area contributed by atoms with Gasteiger partial charge in [-0.3, -0.25) is 19.2 Å². The zero-order valence-corrected chi connectivity index (χ0v) is 52.6. The third kappa shape index (κ3) is 18.4. The number of pyridine rings is 3. The van der Waals surface area contributed by atoms with Gasteiger partial charge in [0.15, 0.2) is 29.1 Å². The predicted molar refractivity (Wildman–Crippen MR) is 348 cm³/mol. The van der Waals surface area contributed by atoms with Crippen LogP contribution in [-0.4, -0.2) is 153 Å². The van der Waals surface area contributed by atoms with E-state index in [1.807, 2.05) is 16.7 Å². The van der Waals surface area contributed by atoms with Gasteiger partial charge in [-0.15, -0.1) is 0 Å². The average molecular weight is 1430 g/mol. The number of amides is 4. The van der Waals surface area contributed by atoms with Crippen molar-refractivity contribution >= 4 is 120 Å². The molecule has 9 aromatic heterocycles. The fraction of sp³-hybridized carbons (Fsp3) is 0.283. The second-order valence-electron chi connectivity index (χ2n) is 21.2. The van der Waals surface area contributed by atoms with Crippen LogP contribution in [0.25, 0.3) is 78.2 Å². The van der Waals surface area contributed by atoms with Crippen molar-refractivity contribution in [3.63, 3.8) is 0 Å². The quantitative estimate of drug-likeness (QED) is 0.0340. The van der Waals surface area contributed by atoms with Crippen LogP contribution < -0.4 is 36.8 Å². The van der Waals surface area contributed by atoms with E-state index < -0.39 is 91.6 Å². The van der Waals surface area contributed by atoms with Crippen molar-refractivity contribution in [2.45, 2.75) is 75.2 Å². The van der Waals surface area contributed by atoms with E-state index in [4.69, 9.17) is 45.3 Å². The molecule has 0 saturated carbocycles. The first-order valence-electron chi connectivity index (χ1n) is 29.0. The lowest BCUT2D eigenvalue weighted by molar-refractivity contribution is -0.139. The Morgan fingerprint density at radius 1 is 0.612 bits per heavy atom. The van der Waals surface area contributed by atoms with Crippen LogP contribution in [0, 0.1) is 28.5 Å². The summed E-state index contributed by atoms with van der Waals surface area (Å²) in [6, 6.07) is 13.8. The molecule has 10 heterocycles. The average Bonchev–Trinajstić information content (AvgIpc) is 1.53. The highest BCUT2D eigenvalue weighted by Crippen LogP contribution is 2.35. The number of nitrogens with zero attached hydrogens (tertiary/aromatic N) is 12. The molecule has 1 aliphatic rings. The Hall–Kier alpha value is -10.8. The fourth-order valence-corrected chi connectivity index (χ4v) is 10.3. The molecule has 0 unspecified atom stereocenters. The number of benzene rings is 1. The van der Waals surface area contributed by atoms with Gasteiger partial charge in [0.1, 0.15) is 72.0 Å². The molecule has 0 spiro atoms. The maximum atomic E-state index is 14.3. The van der Waals surface area contributed by atoms with Crippen LogP contribution in [0.15, 0.2) is 91.9 Å². The number of alkyl halides is 9. The van der Waals surface area contributed by atoms with Gasteiger partial charge in [0.2, 0.25) is 17.7 Å². The molecule has 9 N–H and O–H groups in total. The lowest BCUT2D eigenvalue weighted by atomic mass is 10.1. The third-order valence-corrected chi connectivity index (χ3v) is 14.9. The first-order chi connectivity index (χ1) is 46.6. The molecule has 518 valence electrons. The van der Waals surface area contributed by atoms with E-state index >= 15 is 0 Å². The second-order valence-corrected chi connectivity index (χ2v) is 22.5. The number of H-pyrrole nitrogens is 3. The monoisotopic (exact) mass is 1430 g/mol. The Kier molecular flexibility index (Phi) is 22.6. The Balaban J connectivity index is 0.000000270. The Morgan fingerprint density at radius 2 is 1.08 bits per heavy atom. The maximum absolute atomic E-state index is 14.3. The number of para-hydroxylation sites is 1. The van der Waals surface area contributed by atoms with Crippen molar-refractivity contribution in [1.82, 2.24) is 81.1 Å². The van der Waals surface area contributed by atoms with Gasteiger partial charge < -0.3 is 51.8 Å². The minimum atomic E-state index is -4.62. The number of halogens is 13. The second kappa shape index (κ2) is 31.0. The summed E-state index contributed by atoms with van der Waals surface area (Å²) >= 11 is 18.1. The van der Waals surface area contributed by atoms with Crippen molar-refractivity contribution in [3.05, 3.63) is 118 Å². The van der Waals surface area contributed by atoms with Crippen LogP contribution in [0.5, 0.6) is 0 Å². The van der Waals surface area contributed by atoms with Gasteiger partial charge >= 0.3 is 18.5 Å². The van der Waals surface area contributed by atoms with Gasteiger partial charge in [0, 0.05) is 114 Å². The SMILES string of the molecule is CNC(=O)c1cc(N2CCC[C@@H]2C(=O)NCC(F)(F)F)nc(-c2c[nH]c3ncc(Cl)cc23)n1.N#CCC[C@H](Nc1nc(-c2c[nH]c3ncc(Cl)cc23)nc2ccccc12)C(=O)NCC(F)(F)F.N#CCC[C@H](Nc1nc(-c2c[nH]c3ncc(Cl)cc23)ncc1F)C(=O)NCC(F)(F)F.[HH].[HH].[HH].[HH]. The van der Waals surface area contributed by atoms with Crippen molar-refractivity contribution in [2.75, 3.05) is 48.8 Å². The molecule has 10 aromatic rings. The van der Waals surface area contributed by atoms with Gasteiger partial charge in [0.25, 0.3) is 5.91 Å². The molecular weight excluding hydrogens is 1380 g/mol. The zero-order chi connectivity index (χ0) is 70.6. The Labute approximate surface area is 566 Å². The van der Waals surface area contributed by atoms with Gasteiger partial charge in [-0.05, 0) is 56.0 Å². The smallest absolute Gasteiger partial charge is 0.358 e. The molecular formula is C60H58Cl3F10N21O4. The number of rotatable bonds is 19. The standard InChI is InChI=1S/C22H17ClF3N7O.C20H19ClF3N7O2.C18H14ClF4N7O.4H2/c23-12-8-14-15(10-29-18(14)28-9-12)20-31-16-5-2-1-4-13(16)19(33-20)32-17(6-3-7-27)21(34)30-11-22(24,25)26;1-25-18(32)13-6-15(31-4-2-3-14(31)19(33)28-9-20(22,23)24)30-17(29-13)12-8-27-16-11(12)5-10(21)7-26-16;19-9-4-10-11(6-26-14(10)25-5-9)15-27-7-12(20)16(30-15)29-13(2-1-3-24)17(31)28-8-18(21,22)23;;;;/h1-2,4-5,8-10,17H,3,6,11H2,(H,28,29)(H,30,34)(H,31,32,33);5-8,14H,2-4,9H2,1H3,(H,25,32)(H,26,27)(H,28,33);4-7,13H,1-2,8H2,(H,25,26)(H,28,31)(H,27,29,30);4*1H/t17-;14-;13-;;;;/m010..../s1. The number of anilines is 3. The maximum Gasteiger partial charge on any atom is 0.405 e. The molecule has 1 aromatic carbocycles. The topological polar surface area (TPSA) is 355 Å². The molecule has 11 rings (SSSR count). The van der Waals surface area contributed by atoms with E-state index in [1.54, 1.807) is 71.1 Å². The van der Waals surface area contributed by atoms with Gasteiger partial charge in [-0.2, -0.15) is 50.0 Å². The van der Waals surface area contributed by atoms with Crippen molar-refractivity contribution in [2.24, 2.45) is 0 Å². The van der Waals surface area contributed by atoms with E-state index in [1.165, 1.54) is 37.9 Å². The first-order valence-corrected chi connectivity index (χ1v) is 30.1. The van der Waals surface area contributed by atoms with Gasteiger partial charge in [-0.1, -0.05) is 46.9 Å². The number of nitrogens with one attached hydrogen (secondary N) is 9. The van der Waals surface area contributed by atoms with Crippen LogP contribution in [-0.2, 0) is 14.4 Å². The van der Waals surface area contributed by atoms with E-state index in [9.17, 15) is 63.1 Å². The highest BCUT2D eigenvalue weighted by Gasteiger charge is 2.37. The van der Waals surface area contributed by atoms with E-state index in [2.05, 4.69) is 75.8 Å². The van der Waals surface area contributed by atoms with Crippen LogP contribution in [0.2, 0.25) is 15.1 Å². The molecule has 0 aliphatic carbocycles. The molecule has 0 radical (unpaired) electrons. The number of carbonyl (C=O) groups excluding carboxylic acids is 4. The molecule has 38 heteroatoms. The first kappa shape index (κ1) is 71.5. The largest absolute Gasteiger partial charge is 0.405 e. The highest BCUT2D eigenvalue weighted by molar-refractivity contribution is 6.32. The molecule has 98 heavy (non-hydrogen) atoms. The lowest BCUT2D eigenvalue weighted by Crippen LogP contribution is -2.46. The third-order valence-electron chi connectivity index (χ3n) is 14.3. The predicted octanol–water partition coefficient (Wildman–Crippen LogP) is 11.8. The van der Waals surface area contributed by atoms with Crippen molar-refractivity contribution in [3.8, 4) is 46.3 Å². The molecule has 1 aliphatic heterocycles. The van der Waals surface area contributed by atoms with Crippen LogP contribution in [0.4, 0.5) is 61.4 Å². The minimum Gasteiger partial charge on any atom is -0.358 e. The summed E-state index contributed by atoms with van der Waals surface area (Å²) in [6.45, 7) is -4.07. The minimum absolute atomic E-state index is 0. The zero-order valence-electron chi connectivity index (χ0n) is 50.4. The molecule has 0 bridgehead atoms. The summed E-state index contributed by atoms with van der Waals surface area (Å²) < 4.78 is 127. The van der Waals surface area contributed by atoms with E-state index in [-0.39, 0.29) is 60.4 Å². The van der Waals surface area contributed by atoms with Crippen LogP contribution in [0.3, 0.4) is 0 Å². The number of aromatic nitrogens is 12. The summed E-state index contributed by atoms with van der Waals surface area (Å²) in [5, 5.41) is 34.7. The Morgan fingerprint density at radius 3 is 1.58 bits per heavy atom. The molecule has 25 nitrogen and oxygen atoms in total. The highest BCUT2D eigenvalue weighted by atomic mass is 35.5. The molecule has 4 amide bonds. The summed E-state index contributed by atoms with van der Waals surface area (Å²) in [5.74, 6) is -3.45. The fourth-order valence-electron chi connectivity index (χ4n) is 9.87. The summed E-state index contributed by atoms with van der Waals surface area (Å²) in [6.07, 6.45) is -3.04. The van der Waals surface area contributed by atoms with Gasteiger partial charge in [-0.25, -0.2) is 49.2 Å². The van der Waals surface area contributed by atoms with E-state index in [0.29, 0.717) is 101 Å². The lowest BCUT2D eigenvalue weighted by Gasteiger charge is -2.25. The summed E-state index contributed by atoms with van der Waals surface area (Å²) in [7, 11) is 1.45. The molecule has 1 saturated heterocycles. The number of nitriles is 2.